The molecule has 0 radical (unpaired) electrons. The van der Waals surface area contributed by atoms with E-state index in [9.17, 15) is 9.59 Å². The Bertz CT molecular complexity index is 1330. The van der Waals surface area contributed by atoms with Gasteiger partial charge in [0, 0.05) is 45.9 Å². The number of carbonyl (C=O) groups excluding carboxylic acids is 2. The number of nitrogens with zero attached hydrogens (tertiary/aromatic N) is 1. The molecule has 2 atom stereocenters. The summed E-state index contributed by atoms with van der Waals surface area (Å²) in [6.45, 7) is 0. The molecule has 0 saturated heterocycles. The summed E-state index contributed by atoms with van der Waals surface area (Å²) < 4.78 is 0. The number of hydrogen-bond donors (Lipinski definition) is 2. The van der Waals surface area contributed by atoms with Crippen LogP contribution in [0.25, 0.3) is 10.9 Å². The lowest BCUT2D eigenvalue weighted by molar-refractivity contribution is -0.119. The van der Waals surface area contributed by atoms with Gasteiger partial charge in [0.1, 0.15) is 0 Å². The SMILES string of the molecule is CSc1cccc(NC(=O)C2c3ccccc3C(=O)N(C)C2c2c[nH]c3ccccc23)c1. The van der Waals surface area contributed by atoms with Crippen LogP contribution in [0.1, 0.15) is 33.4 Å². The van der Waals surface area contributed by atoms with Gasteiger partial charge in [-0.3, -0.25) is 9.59 Å². The Hall–Kier alpha value is -3.51. The topological polar surface area (TPSA) is 65.2 Å². The van der Waals surface area contributed by atoms with Crippen LogP contribution in [0.4, 0.5) is 5.69 Å². The van der Waals surface area contributed by atoms with Crippen LogP contribution in [0.15, 0.2) is 83.9 Å². The number of H-pyrrole nitrogens is 1. The minimum atomic E-state index is -0.550. The van der Waals surface area contributed by atoms with E-state index in [0.29, 0.717) is 5.56 Å². The van der Waals surface area contributed by atoms with Crippen molar-refractivity contribution in [1.29, 1.82) is 0 Å². The van der Waals surface area contributed by atoms with E-state index in [4.69, 9.17) is 0 Å². The molecule has 0 aliphatic carbocycles. The lowest BCUT2D eigenvalue weighted by atomic mass is 9.79. The Labute approximate surface area is 190 Å². The molecule has 2 N–H and O–H groups in total. The molecule has 5 nitrogen and oxygen atoms in total. The highest BCUT2D eigenvalue weighted by Gasteiger charge is 2.43. The Balaban J connectivity index is 1.63. The molecule has 0 spiro atoms. The highest BCUT2D eigenvalue weighted by molar-refractivity contribution is 7.98. The Morgan fingerprint density at radius 2 is 1.78 bits per heavy atom. The van der Waals surface area contributed by atoms with E-state index >= 15 is 0 Å². The molecular formula is C26H23N3O2S. The first kappa shape index (κ1) is 20.4. The van der Waals surface area contributed by atoms with Crippen molar-refractivity contribution < 1.29 is 9.59 Å². The van der Waals surface area contributed by atoms with Gasteiger partial charge in [0.2, 0.25) is 5.91 Å². The average molecular weight is 442 g/mol. The molecule has 5 rings (SSSR count). The summed E-state index contributed by atoms with van der Waals surface area (Å²) in [4.78, 5) is 33.1. The molecule has 2 unspecified atom stereocenters. The number of carbonyl (C=O) groups is 2. The summed E-state index contributed by atoms with van der Waals surface area (Å²) in [5.74, 6) is -0.763. The van der Waals surface area contributed by atoms with Gasteiger partial charge in [-0.05, 0) is 42.2 Å². The number of anilines is 1. The van der Waals surface area contributed by atoms with Crippen LogP contribution in [0.3, 0.4) is 0 Å². The molecule has 1 aliphatic rings. The van der Waals surface area contributed by atoms with Crippen molar-refractivity contribution >= 4 is 40.2 Å². The second-order valence-electron chi connectivity index (χ2n) is 7.94. The summed E-state index contributed by atoms with van der Waals surface area (Å²) in [6, 6.07) is 22.8. The van der Waals surface area contributed by atoms with Gasteiger partial charge in [0.15, 0.2) is 0 Å². The average Bonchev–Trinajstić information content (AvgIpc) is 3.25. The number of rotatable bonds is 4. The third kappa shape index (κ3) is 3.37. The Morgan fingerprint density at radius 1 is 1.00 bits per heavy atom. The minimum absolute atomic E-state index is 0.0793. The number of likely N-dealkylation sites (N-methyl/N-ethyl adjacent to an activating group) is 1. The number of nitrogens with one attached hydrogen (secondary N) is 2. The maximum Gasteiger partial charge on any atom is 0.254 e. The van der Waals surface area contributed by atoms with E-state index in [1.54, 1.807) is 29.8 Å². The quantitative estimate of drug-likeness (QED) is 0.415. The predicted octanol–water partition coefficient (Wildman–Crippen LogP) is 5.44. The molecule has 0 saturated carbocycles. The second-order valence-corrected chi connectivity index (χ2v) is 8.82. The first-order valence-corrected chi connectivity index (χ1v) is 11.7. The van der Waals surface area contributed by atoms with Gasteiger partial charge in [-0.2, -0.15) is 0 Å². The number of thioether (sulfide) groups is 1. The zero-order valence-corrected chi connectivity index (χ0v) is 18.6. The molecule has 2 amide bonds. The standard InChI is InChI=1S/C26H23N3O2S/c1-29-24(21-15-27-22-13-6-5-10-18(21)22)23(19-11-3-4-12-20(19)26(29)31)25(30)28-16-8-7-9-17(14-16)32-2/h3-15,23-24,27H,1-2H3,(H,28,30). The number of fused-ring (bicyclic) bond motifs is 2. The molecule has 6 heteroatoms. The number of para-hydroxylation sites is 1. The summed E-state index contributed by atoms with van der Waals surface area (Å²) >= 11 is 1.63. The Morgan fingerprint density at radius 3 is 2.62 bits per heavy atom. The number of aromatic nitrogens is 1. The minimum Gasteiger partial charge on any atom is -0.361 e. The normalized spacial score (nSPS) is 17.9. The van der Waals surface area contributed by atoms with Crippen molar-refractivity contribution in [2.24, 2.45) is 0 Å². The fourth-order valence-electron chi connectivity index (χ4n) is 4.61. The molecule has 4 aromatic rings. The fourth-order valence-corrected chi connectivity index (χ4v) is 5.06. The van der Waals surface area contributed by atoms with E-state index in [1.165, 1.54) is 0 Å². The molecule has 3 aromatic carbocycles. The smallest absolute Gasteiger partial charge is 0.254 e. The van der Waals surface area contributed by atoms with Gasteiger partial charge in [0.05, 0.1) is 12.0 Å². The van der Waals surface area contributed by atoms with Crippen molar-refractivity contribution in [2.45, 2.75) is 16.9 Å². The Kier molecular flexibility index (Phi) is 5.23. The molecule has 32 heavy (non-hydrogen) atoms. The van der Waals surface area contributed by atoms with Crippen LogP contribution in [0, 0.1) is 0 Å². The van der Waals surface area contributed by atoms with Crippen molar-refractivity contribution in [1.82, 2.24) is 9.88 Å². The van der Waals surface area contributed by atoms with Crippen LogP contribution in [0.2, 0.25) is 0 Å². The van der Waals surface area contributed by atoms with Crippen LogP contribution in [-0.2, 0) is 4.79 Å². The van der Waals surface area contributed by atoms with Gasteiger partial charge < -0.3 is 15.2 Å². The summed E-state index contributed by atoms with van der Waals surface area (Å²) in [5.41, 5.74) is 3.99. The van der Waals surface area contributed by atoms with E-state index < -0.39 is 12.0 Å². The van der Waals surface area contributed by atoms with Gasteiger partial charge in [0.25, 0.3) is 5.91 Å². The van der Waals surface area contributed by atoms with E-state index in [2.05, 4.69) is 10.3 Å². The zero-order chi connectivity index (χ0) is 22.2. The zero-order valence-electron chi connectivity index (χ0n) is 17.8. The molecule has 0 fully saturated rings. The van der Waals surface area contributed by atoms with Crippen LogP contribution >= 0.6 is 11.8 Å². The van der Waals surface area contributed by atoms with Crippen molar-refractivity contribution in [3.63, 3.8) is 0 Å². The monoisotopic (exact) mass is 441 g/mol. The molecule has 1 aliphatic heterocycles. The number of amides is 2. The molecule has 2 heterocycles. The molecule has 160 valence electrons. The van der Waals surface area contributed by atoms with Crippen LogP contribution in [-0.4, -0.2) is 35.0 Å². The van der Waals surface area contributed by atoms with E-state index in [-0.39, 0.29) is 11.8 Å². The number of aromatic amines is 1. The van der Waals surface area contributed by atoms with Gasteiger partial charge in [-0.15, -0.1) is 11.8 Å². The molecule has 1 aromatic heterocycles. The summed E-state index contributed by atoms with van der Waals surface area (Å²) in [6.07, 6.45) is 3.92. The number of hydrogen-bond acceptors (Lipinski definition) is 3. The summed E-state index contributed by atoms with van der Waals surface area (Å²) in [5, 5.41) is 4.11. The lowest BCUT2D eigenvalue weighted by Gasteiger charge is -2.39. The molecule has 0 bridgehead atoms. The van der Waals surface area contributed by atoms with E-state index in [0.717, 1.165) is 32.6 Å². The first-order chi connectivity index (χ1) is 15.6. The largest absolute Gasteiger partial charge is 0.361 e. The van der Waals surface area contributed by atoms with Crippen LogP contribution < -0.4 is 5.32 Å². The van der Waals surface area contributed by atoms with E-state index in [1.807, 2.05) is 79.2 Å². The van der Waals surface area contributed by atoms with Crippen molar-refractivity contribution in [2.75, 3.05) is 18.6 Å². The fraction of sp³-hybridized carbons (Fsp3) is 0.154. The highest BCUT2D eigenvalue weighted by atomic mass is 32.2. The molecular weight excluding hydrogens is 418 g/mol. The van der Waals surface area contributed by atoms with Crippen molar-refractivity contribution in [3.05, 3.63) is 95.7 Å². The second kappa shape index (κ2) is 8.20. The van der Waals surface area contributed by atoms with Crippen molar-refractivity contribution in [3.8, 4) is 0 Å². The first-order valence-electron chi connectivity index (χ1n) is 10.5. The lowest BCUT2D eigenvalue weighted by Crippen LogP contribution is -2.44. The van der Waals surface area contributed by atoms with Gasteiger partial charge >= 0.3 is 0 Å². The third-order valence-corrected chi connectivity index (χ3v) is 6.86. The van der Waals surface area contributed by atoms with Gasteiger partial charge in [-0.1, -0.05) is 42.5 Å². The van der Waals surface area contributed by atoms with Crippen LogP contribution in [0.5, 0.6) is 0 Å². The summed E-state index contributed by atoms with van der Waals surface area (Å²) in [7, 11) is 1.78. The maximum absolute atomic E-state index is 13.8. The predicted molar refractivity (Wildman–Crippen MR) is 129 cm³/mol. The van der Waals surface area contributed by atoms with Gasteiger partial charge in [-0.25, -0.2) is 0 Å². The maximum atomic E-state index is 13.8. The number of benzene rings is 3. The third-order valence-electron chi connectivity index (χ3n) is 6.14. The highest BCUT2D eigenvalue weighted by Crippen LogP contribution is 2.44.